The van der Waals surface area contributed by atoms with E-state index in [9.17, 15) is 9.90 Å². The topological polar surface area (TPSA) is 89.8 Å². The number of hydrogen-bond acceptors (Lipinski definition) is 6. The molecule has 1 aromatic heterocycles. The number of thiazole rings is 1. The van der Waals surface area contributed by atoms with E-state index < -0.39 is 0 Å². The molecular weight excluding hydrogens is 400 g/mol. The van der Waals surface area contributed by atoms with Gasteiger partial charge in [0.05, 0.1) is 24.4 Å². The fraction of sp³-hybridized carbons (Fsp3) is 0.409. The molecule has 0 aliphatic carbocycles. The number of ether oxygens (including phenoxy) is 1. The summed E-state index contributed by atoms with van der Waals surface area (Å²) in [5.74, 6) is 0.504. The van der Waals surface area contributed by atoms with Crippen molar-refractivity contribution in [3.63, 3.8) is 0 Å². The molecule has 0 atom stereocenters. The Hall–Kier alpha value is -2.87. The van der Waals surface area contributed by atoms with E-state index in [1.165, 1.54) is 16.9 Å². The van der Waals surface area contributed by atoms with Crippen LogP contribution >= 0.6 is 11.3 Å². The number of aliphatic hydroxyl groups excluding tert-OH is 1. The lowest BCUT2D eigenvalue weighted by atomic mass is 10.0. The van der Waals surface area contributed by atoms with Gasteiger partial charge in [0.2, 0.25) is 0 Å². The predicted octanol–water partition coefficient (Wildman–Crippen LogP) is 4.30. The number of aliphatic hydroxyl groups is 1. The van der Waals surface area contributed by atoms with E-state index in [0.29, 0.717) is 42.7 Å². The number of nitrogens with zero attached hydrogens (tertiary/aromatic N) is 3. The summed E-state index contributed by atoms with van der Waals surface area (Å²) in [5.41, 5.74) is 3.59. The van der Waals surface area contributed by atoms with Crippen LogP contribution in [0.2, 0.25) is 0 Å². The van der Waals surface area contributed by atoms with Gasteiger partial charge in [-0.3, -0.25) is 5.41 Å². The van der Waals surface area contributed by atoms with E-state index in [2.05, 4.69) is 0 Å². The molecule has 1 aromatic carbocycles. The van der Waals surface area contributed by atoms with Gasteiger partial charge >= 0.3 is 6.09 Å². The number of piperidine rings is 1. The number of nitrogens with one attached hydrogen (secondary N) is 1. The Morgan fingerprint density at radius 1 is 1.30 bits per heavy atom. The highest BCUT2D eigenvalue weighted by Crippen LogP contribution is 2.34. The summed E-state index contributed by atoms with van der Waals surface area (Å²) in [4.78, 5) is 20.2. The van der Waals surface area contributed by atoms with E-state index in [1.54, 1.807) is 11.8 Å². The zero-order valence-corrected chi connectivity index (χ0v) is 18.0. The maximum Gasteiger partial charge on any atom is 0.409 e. The van der Waals surface area contributed by atoms with Crippen molar-refractivity contribution in [2.24, 2.45) is 0 Å². The van der Waals surface area contributed by atoms with E-state index in [1.807, 2.05) is 41.5 Å². The summed E-state index contributed by atoms with van der Waals surface area (Å²) in [6, 6.07) is 8.28. The number of carbonyl (C=O) groups is 1. The van der Waals surface area contributed by atoms with E-state index in [0.717, 1.165) is 24.1 Å². The Balaban J connectivity index is 1.45. The van der Waals surface area contributed by atoms with Crippen LogP contribution in [0, 0.1) is 12.3 Å². The number of rotatable bonds is 4. The molecule has 30 heavy (non-hydrogen) atoms. The molecule has 0 saturated carbocycles. The minimum atomic E-state index is -0.277. The zero-order chi connectivity index (χ0) is 21.3. The van der Waals surface area contributed by atoms with Gasteiger partial charge in [0.25, 0.3) is 0 Å². The van der Waals surface area contributed by atoms with Crippen molar-refractivity contribution in [1.82, 2.24) is 14.8 Å². The number of amidine groups is 1. The summed E-state index contributed by atoms with van der Waals surface area (Å²) < 4.78 is 5.08. The van der Waals surface area contributed by atoms with Gasteiger partial charge in [-0.25, -0.2) is 9.78 Å². The van der Waals surface area contributed by atoms with Crippen LogP contribution < -0.4 is 0 Å². The Bertz CT molecular complexity index is 975. The number of benzene rings is 1. The highest BCUT2D eigenvalue weighted by atomic mass is 32.1. The molecule has 0 unspecified atom stereocenters. The van der Waals surface area contributed by atoms with Crippen LogP contribution in [0.25, 0.3) is 16.8 Å². The number of aromatic nitrogens is 1. The monoisotopic (exact) mass is 426 g/mol. The van der Waals surface area contributed by atoms with Gasteiger partial charge in [0, 0.05) is 30.1 Å². The van der Waals surface area contributed by atoms with E-state index >= 15 is 0 Å². The minimum Gasteiger partial charge on any atom is -0.510 e. The maximum absolute atomic E-state index is 11.9. The van der Waals surface area contributed by atoms with Crippen molar-refractivity contribution in [2.75, 3.05) is 26.2 Å². The number of aryl methyl sites for hydroxylation is 1. The van der Waals surface area contributed by atoms with Crippen LogP contribution in [0.3, 0.4) is 0 Å². The average Bonchev–Trinajstić information content (AvgIpc) is 3.33. The first kappa shape index (κ1) is 20.4. The van der Waals surface area contributed by atoms with Crippen molar-refractivity contribution in [2.45, 2.75) is 32.7 Å². The highest BCUT2D eigenvalue weighted by molar-refractivity contribution is 7.11. The number of hydrogen-bond donors (Lipinski definition) is 2. The summed E-state index contributed by atoms with van der Waals surface area (Å²) in [6.07, 6.45) is 1.21. The second-order valence-corrected chi connectivity index (χ2v) is 8.48. The lowest BCUT2D eigenvalue weighted by Gasteiger charge is -2.37. The first-order chi connectivity index (χ1) is 14.5. The Labute approximate surface area is 180 Å². The van der Waals surface area contributed by atoms with Crippen LogP contribution in [0.15, 0.2) is 35.4 Å². The molecule has 4 rings (SSSR count). The van der Waals surface area contributed by atoms with Crippen molar-refractivity contribution < 1.29 is 14.6 Å². The lowest BCUT2D eigenvalue weighted by molar-refractivity contribution is 0.0876. The molecule has 2 aliphatic heterocycles. The molecule has 2 N–H and O–H groups in total. The van der Waals surface area contributed by atoms with Crippen molar-refractivity contribution >= 4 is 28.8 Å². The first-order valence-corrected chi connectivity index (χ1v) is 11.1. The van der Waals surface area contributed by atoms with Gasteiger partial charge in [0.15, 0.2) is 0 Å². The molecule has 7 nitrogen and oxygen atoms in total. The lowest BCUT2D eigenvalue weighted by Crippen LogP contribution is -2.47. The third kappa shape index (κ3) is 3.92. The zero-order valence-electron chi connectivity index (χ0n) is 17.2. The van der Waals surface area contributed by atoms with Gasteiger partial charge in [-0.2, -0.15) is 0 Å². The molecule has 2 aromatic rings. The standard InChI is InChI=1S/C22H26N4O3S/c1-3-29-22(28)25-10-8-16(9-11-25)26-12-18(27)19(20(26)23)21-24-17(13-30-21)15-6-4-14(2)5-7-15/h4-7,13,16,23,27H,3,8-12H2,1-2H3. The molecular formula is C22H26N4O3S. The summed E-state index contributed by atoms with van der Waals surface area (Å²) >= 11 is 1.45. The maximum atomic E-state index is 11.9. The van der Waals surface area contributed by atoms with Gasteiger partial charge in [-0.1, -0.05) is 29.8 Å². The fourth-order valence-corrected chi connectivity index (χ4v) is 4.85. The third-order valence-corrected chi connectivity index (χ3v) is 6.49. The minimum absolute atomic E-state index is 0.111. The largest absolute Gasteiger partial charge is 0.510 e. The van der Waals surface area contributed by atoms with Gasteiger partial charge in [-0.15, -0.1) is 11.3 Å². The first-order valence-electron chi connectivity index (χ1n) is 10.2. The highest BCUT2D eigenvalue weighted by Gasteiger charge is 2.36. The number of likely N-dealkylation sites (tertiary alicyclic amines) is 1. The molecule has 2 aliphatic rings. The SMILES string of the molecule is CCOC(=O)N1CCC(N2CC(O)=C(c3nc(-c4ccc(C)cc4)cs3)C2=N)CC1. The van der Waals surface area contributed by atoms with Gasteiger partial charge in [-0.05, 0) is 26.7 Å². The third-order valence-electron chi connectivity index (χ3n) is 5.63. The summed E-state index contributed by atoms with van der Waals surface area (Å²) in [6.45, 7) is 5.73. The van der Waals surface area contributed by atoms with Crippen molar-refractivity contribution in [3.05, 3.63) is 46.0 Å². The molecule has 0 spiro atoms. The molecule has 158 valence electrons. The Morgan fingerprint density at radius 3 is 2.67 bits per heavy atom. The molecule has 1 saturated heterocycles. The second-order valence-electron chi connectivity index (χ2n) is 7.62. The Morgan fingerprint density at radius 2 is 2.00 bits per heavy atom. The molecule has 0 radical (unpaired) electrons. The van der Waals surface area contributed by atoms with Crippen molar-refractivity contribution in [3.8, 4) is 11.3 Å². The van der Waals surface area contributed by atoms with Crippen LogP contribution in [0.1, 0.15) is 30.3 Å². The van der Waals surface area contributed by atoms with Crippen LogP contribution in [0.4, 0.5) is 4.79 Å². The smallest absolute Gasteiger partial charge is 0.409 e. The van der Waals surface area contributed by atoms with E-state index in [-0.39, 0.29) is 17.9 Å². The molecule has 0 bridgehead atoms. The molecule has 8 heteroatoms. The predicted molar refractivity (Wildman–Crippen MR) is 118 cm³/mol. The number of amides is 1. The quantitative estimate of drug-likeness (QED) is 0.761. The molecule has 1 amide bonds. The van der Waals surface area contributed by atoms with E-state index in [4.69, 9.17) is 15.1 Å². The van der Waals surface area contributed by atoms with Crippen molar-refractivity contribution in [1.29, 1.82) is 5.41 Å². The van der Waals surface area contributed by atoms with Crippen LogP contribution in [-0.4, -0.2) is 64.1 Å². The summed E-state index contributed by atoms with van der Waals surface area (Å²) in [5, 5.41) is 21.9. The van der Waals surface area contributed by atoms with Gasteiger partial charge < -0.3 is 19.6 Å². The normalized spacial score (nSPS) is 17.7. The average molecular weight is 427 g/mol. The number of carbonyl (C=O) groups excluding carboxylic acids is 1. The Kier molecular flexibility index (Phi) is 5.76. The second kappa shape index (κ2) is 8.47. The van der Waals surface area contributed by atoms with Crippen LogP contribution in [-0.2, 0) is 4.74 Å². The van der Waals surface area contributed by atoms with Crippen LogP contribution in [0.5, 0.6) is 0 Å². The molecule has 1 fully saturated rings. The summed E-state index contributed by atoms with van der Waals surface area (Å²) in [7, 11) is 0. The van der Waals surface area contributed by atoms with Gasteiger partial charge in [0.1, 0.15) is 16.6 Å². The molecule has 3 heterocycles. The fourth-order valence-electron chi connectivity index (χ4n) is 3.96.